The number of nitrogens with zero attached hydrogens (tertiary/aromatic N) is 3. The lowest BCUT2D eigenvalue weighted by Crippen LogP contribution is -2.45. The molecule has 0 spiro atoms. The molecule has 2 rings (SSSR count). The van der Waals surface area contributed by atoms with Crippen LogP contribution in [0.2, 0.25) is 0 Å². The van der Waals surface area contributed by atoms with E-state index in [0.29, 0.717) is 6.54 Å². The first kappa shape index (κ1) is 14.9. The Morgan fingerprint density at radius 1 is 1.25 bits per heavy atom. The summed E-state index contributed by atoms with van der Waals surface area (Å²) >= 11 is 0. The van der Waals surface area contributed by atoms with Gasteiger partial charge in [0.05, 0.1) is 17.4 Å². The van der Waals surface area contributed by atoms with Crippen LogP contribution in [0, 0.1) is 6.92 Å². The van der Waals surface area contributed by atoms with Crippen molar-refractivity contribution in [2.45, 2.75) is 52.1 Å². The quantitative estimate of drug-likeness (QED) is 0.908. The molecule has 0 aromatic carbocycles. The van der Waals surface area contributed by atoms with Crippen molar-refractivity contribution < 1.29 is 4.79 Å². The summed E-state index contributed by atoms with van der Waals surface area (Å²) in [5.41, 5.74) is 1.77. The van der Waals surface area contributed by atoms with Gasteiger partial charge in [-0.3, -0.25) is 14.8 Å². The van der Waals surface area contributed by atoms with Crippen LogP contribution >= 0.6 is 0 Å². The minimum Gasteiger partial charge on any atom is -0.341 e. The molecule has 5 nitrogen and oxygen atoms in total. The highest BCUT2D eigenvalue weighted by Crippen LogP contribution is 2.10. The van der Waals surface area contributed by atoms with E-state index in [4.69, 9.17) is 0 Å². The zero-order valence-corrected chi connectivity index (χ0v) is 12.4. The molecule has 1 fully saturated rings. The van der Waals surface area contributed by atoms with Crippen LogP contribution in [-0.2, 0) is 11.3 Å². The lowest BCUT2D eigenvalue weighted by molar-refractivity contribution is -0.133. The number of carbonyl (C=O) groups is 1. The minimum absolute atomic E-state index is 0.170. The molecular formula is C15H24N4O. The van der Waals surface area contributed by atoms with Gasteiger partial charge in [-0.25, -0.2) is 0 Å². The van der Waals surface area contributed by atoms with Gasteiger partial charge in [-0.2, -0.15) is 0 Å². The predicted molar refractivity (Wildman–Crippen MR) is 78.1 cm³/mol. The summed E-state index contributed by atoms with van der Waals surface area (Å²) in [5.74, 6) is 0.201. The molecule has 1 aromatic rings. The van der Waals surface area contributed by atoms with Crippen LogP contribution in [0.4, 0.5) is 0 Å². The second-order valence-electron chi connectivity index (χ2n) is 5.49. The Morgan fingerprint density at radius 2 is 1.95 bits per heavy atom. The van der Waals surface area contributed by atoms with E-state index < -0.39 is 0 Å². The van der Waals surface area contributed by atoms with E-state index in [1.807, 2.05) is 18.7 Å². The first-order valence-corrected chi connectivity index (χ1v) is 7.46. The molecule has 0 radical (unpaired) electrons. The van der Waals surface area contributed by atoms with Crippen molar-refractivity contribution >= 4 is 5.91 Å². The molecule has 110 valence electrons. The van der Waals surface area contributed by atoms with Crippen molar-refractivity contribution in [1.29, 1.82) is 0 Å². The second-order valence-corrected chi connectivity index (χ2v) is 5.49. The van der Waals surface area contributed by atoms with Crippen LogP contribution in [0.25, 0.3) is 0 Å². The summed E-state index contributed by atoms with van der Waals surface area (Å²) in [6.45, 7) is 6.21. The maximum Gasteiger partial charge on any atom is 0.239 e. The molecule has 1 aromatic heterocycles. The molecule has 1 amide bonds. The van der Waals surface area contributed by atoms with Crippen molar-refractivity contribution in [3.63, 3.8) is 0 Å². The number of aromatic nitrogens is 2. The summed E-state index contributed by atoms with van der Waals surface area (Å²) in [5, 5.41) is 3.24. The largest absolute Gasteiger partial charge is 0.341 e. The molecule has 1 N–H and O–H groups in total. The molecule has 0 aliphatic carbocycles. The van der Waals surface area contributed by atoms with Crippen LogP contribution < -0.4 is 5.32 Å². The first-order chi connectivity index (χ1) is 9.66. The topological polar surface area (TPSA) is 58.1 Å². The Morgan fingerprint density at radius 3 is 2.55 bits per heavy atom. The molecule has 1 aliphatic rings. The van der Waals surface area contributed by atoms with E-state index in [1.165, 1.54) is 12.8 Å². The SMILES string of the molecule is Cc1cnc(CNC(C)C(=O)N2CCCCCC2)cn1. The number of nitrogens with one attached hydrogen (secondary N) is 1. The molecule has 1 unspecified atom stereocenters. The number of amides is 1. The van der Waals surface area contributed by atoms with Gasteiger partial charge >= 0.3 is 0 Å². The summed E-state index contributed by atoms with van der Waals surface area (Å²) in [4.78, 5) is 22.8. The van der Waals surface area contributed by atoms with E-state index in [-0.39, 0.29) is 11.9 Å². The molecule has 20 heavy (non-hydrogen) atoms. The van der Waals surface area contributed by atoms with Crippen molar-refractivity contribution in [3.05, 3.63) is 23.8 Å². The standard InChI is InChI=1S/C15H24N4O/c1-12-9-18-14(10-16-12)11-17-13(2)15(20)19-7-5-3-4-6-8-19/h9-10,13,17H,3-8,11H2,1-2H3. The third kappa shape index (κ3) is 4.27. The summed E-state index contributed by atoms with van der Waals surface area (Å²) in [7, 11) is 0. The number of likely N-dealkylation sites (tertiary alicyclic amines) is 1. The number of rotatable bonds is 4. The fourth-order valence-corrected chi connectivity index (χ4v) is 2.42. The number of hydrogen-bond acceptors (Lipinski definition) is 4. The predicted octanol–water partition coefficient (Wildman–Crippen LogP) is 1.67. The zero-order chi connectivity index (χ0) is 14.4. The normalized spacial score (nSPS) is 17.6. The summed E-state index contributed by atoms with van der Waals surface area (Å²) < 4.78 is 0. The molecular weight excluding hydrogens is 252 g/mol. The average Bonchev–Trinajstić information content (AvgIpc) is 2.74. The fourth-order valence-electron chi connectivity index (χ4n) is 2.42. The van der Waals surface area contributed by atoms with Gasteiger partial charge in [0.1, 0.15) is 0 Å². The van der Waals surface area contributed by atoms with Crippen LogP contribution in [-0.4, -0.2) is 39.9 Å². The van der Waals surface area contributed by atoms with Gasteiger partial charge in [0, 0.05) is 32.0 Å². The van der Waals surface area contributed by atoms with Crippen molar-refractivity contribution in [2.24, 2.45) is 0 Å². The van der Waals surface area contributed by atoms with Crippen molar-refractivity contribution in [3.8, 4) is 0 Å². The minimum atomic E-state index is -0.170. The Kier molecular flexibility index (Phi) is 5.47. The van der Waals surface area contributed by atoms with Gasteiger partial charge < -0.3 is 10.2 Å². The third-order valence-corrected chi connectivity index (χ3v) is 3.71. The third-order valence-electron chi connectivity index (χ3n) is 3.71. The van der Waals surface area contributed by atoms with E-state index >= 15 is 0 Å². The maximum absolute atomic E-state index is 12.4. The van der Waals surface area contributed by atoms with Gasteiger partial charge in [-0.1, -0.05) is 12.8 Å². The zero-order valence-electron chi connectivity index (χ0n) is 12.4. The van der Waals surface area contributed by atoms with Gasteiger partial charge in [-0.15, -0.1) is 0 Å². The molecule has 1 aliphatic heterocycles. The fraction of sp³-hybridized carbons (Fsp3) is 0.667. The maximum atomic E-state index is 12.4. The molecule has 2 heterocycles. The first-order valence-electron chi connectivity index (χ1n) is 7.46. The van der Waals surface area contributed by atoms with Gasteiger partial charge in [0.15, 0.2) is 0 Å². The Bertz CT molecular complexity index is 424. The van der Waals surface area contributed by atoms with Crippen LogP contribution in [0.5, 0.6) is 0 Å². The van der Waals surface area contributed by atoms with Crippen LogP contribution in [0.15, 0.2) is 12.4 Å². The van der Waals surface area contributed by atoms with Crippen LogP contribution in [0.1, 0.15) is 44.0 Å². The summed E-state index contributed by atoms with van der Waals surface area (Å²) in [6.07, 6.45) is 8.24. The molecule has 0 bridgehead atoms. The van der Waals surface area contributed by atoms with E-state index in [9.17, 15) is 4.79 Å². The Labute approximate surface area is 120 Å². The highest BCUT2D eigenvalue weighted by atomic mass is 16.2. The van der Waals surface area contributed by atoms with Gasteiger partial charge in [-0.05, 0) is 26.7 Å². The summed E-state index contributed by atoms with van der Waals surface area (Å²) in [6, 6.07) is -0.170. The molecule has 0 saturated carbocycles. The number of hydrogen-bond donors (Lipinski definition) is 1. The number of carbonyl (C=O) groups excluding carboxylic acids is 1. The molecule has 1 atom stereocenters. The van der Waals surface area contributed by atoms with Gasteiger partial charge in [0.2, 0.25) is 5.91 Å². The lowest BCUT2D eigenvalue weighted by atomic mass is 10.2. The molecule has 1 saturated heterocycles. The second kappa shape index (κ2) is 7.33. The number of aryl methyl sites for hydroxylation is 1. The monoisotopic (exact) mass is 276 g/mol. The van der Waals surface area contributed by atoms with E-state index in [1.54, 1.807) is 12.4 Å². The Balaban J connectivity index is 1.82. The van der Waals surface area contributed by atoms with Crippen LogP contribution in [0.3, 0.4) is 0 Å². The van der Waals surface area contributed by atoms with E-state index in [2.05, 4.69) is 15.3 Å². The van der Waals surface area contributed by atoms with Crippen molar-refractivity contribution in [1.82, 2.24) is 20.2 Å². The lowest BCUT2D eigenvalue weighted by Gasteiger charge is -2.24. The van der Waals surface area contributed by atoms with E-state index in [0.717, 1.165) is 37.3 Å². The highest BCUT2D eigenvalue weighted by Gasteiger charge is 2.20. The average molecular weight is 276 g/mol. The molecule has 5 heteroatoms. The van der Waals surface area contributed by atoms with Gasteiger partial charge in [0.25, 0.3) is 0 Å². The van der Waals surface area contributed by atoms with Crippen molar-refractivity contribution in [2.75, 3.05) is 13.1 Å². The Hall–Kier alpha value is -1.49. The smallest absolute Gasteiger partial charge is 0.239 e. The highest BCUT2D eigenvalue weighted by molar-refractivity contribution is 5.81.